The molecule has 0 spiro atoms. The Bertz CT molecular complexity index is 655. The predicted octanol–water partition coefficient (Wildman–Crippen LogP) is 3.79. The van der Waals surface area contributed by atoms with Crippen molar-refractivity contribution in [3.63, 3.8) is 0 Å². The molecule has 0 unspecified atom stereocenters. The maximum absolute atomic E-state index is 12.6. The smallest absolute Gasteiger partial charge is 0.329 e. The fourth-order valence-electron chi connectivity index (χ4n) is 2.92. The number of carboxylic acid groups (broad SMARTS) is 1. The number of carbonyl (C=O) groups excluding carboxylic acids is 3. The lowest BCUT2D eigenvalue weighted by molar-refractivity contribution is -0.157. The summed E-state index contributed by atoms with van der Waals surface area (Å²) in [4.78, 5) is 48.1. The third-order valence-electron chi connectivity index (χ3n) is 3.95. The summed E-state index contributed by atoms with van der Waals surface area (Å²) < 4.78 is 10.6. The van der Waals surface area contributed by atoms with Gasteiger partial charge in [0.25, 0.3) is 0 Å². The Labute approximate surface area is 192 Å². The van der Waals surface area contributed by atoms with Crippen molar-refractivity contribution in [2.24, 2.45) is 5.41 Å². The molecule has 0 heterocycles. The van der Waals surface area contributed by atoms with E-state index in [0.717, 1.165) is 0 Å². The minimum atomic E-state index is -1.11. The molecule has 0 saturated heterocycles. The van der Waals surface area contributed by atoms with Crippen LogP contribution in [0.3, 0.4) is 0 Å². The van der Waals surface area contributed by atoms with Crippen LogP contribution < -0.4 is 10.6 Å². The van der Waals surface area contributed by atoms with Gasteiger partial charge in [-0.1, -0.05) is 20.8 Å². The van der Waals surface area contributed by atoms with Crippen LogP contribution in [0.15, 0.2) is 0 Å². The molecule has 0 aromatic rings. The minimum absolute atomic E-state index is 0.0977. The summed E-state index contributed by atoms with van der Waals surface area (Å²) in [5.41, 5.74) is -1.50. The second-order valence-corrected chi connectivity index (χ2v) is 11.2. The lowest BCUT2D eigenvalue weighted by Gasteiger charge is -2.29. The number of esters is 2. The SMILES string of the molecule is CC(C)(C)C[C@H](CCC(=O)OC(C)(C)C)NC(=O)N[C@@H](CCC(=O)O)C(=O)OC(C)(C)C. The van der Waals surface area contributed by atoms with E-state index in [4.69, 9.17) is 14.6 Å². The average molecular weight is 459 g/mol. The number of hydrogen-bond acceptors (Lipinski definition) is 6. The van der Waals surface area contributed by atoms with Crippen LogP contribution in [0.1, 0.15) is 94.4 Å². The van der Waals surface area contributed by atoms with Gasteiger partial charge in [0.15, 0.2) is 0 Å². The number of hydrogen-bond donors (Lipinski definition) is 3. The van der Waals surface area contributed by atoms with Gasteiger partial charge in [-0.05, 0) is 66.2 Å². The van der Waals surface area contributed by atoms with E-state index in [9.17, 15) is 19.2 Å². The van der Waals surface area contributed by atoms with Gasteiger partial charge < -0.3 is 25.2 Å². The van der Waals surface area contributed by atoms with Crippen LogP contribution in [-0.4, -0.2) is 52.3 Å². The highest BCUT2D eigenvalue weighted by molar-refractivity contribution is 5.84. The van der Waals surface area contributed by atoms with E-state index in [-0.39, 0.29) is 36.7 Å². The first-order chi connectivity index (χ1) is 14.3. The van der Waals surface area contributed by atoms with E-state index >= 15 is 0 Å². The van der Waals surface area contributed by atoms with Gasteiger partial charge in [0.2, 0.25) is 0 Å². The van der Waals surface area contributed by atoms with Gasteiger partial charge in [0.1, 0.15) is 17.2 Å². The largest absolute Gasteiger partial charge is 0.481 e. The molecule has 0 aliphatic heterocycles. The van der Waals surface area contributed by atoms with E-state index in [1.807, 2.05) is 20.8 Å². The summed E-state index contributed by atoms with van der Waals surface area (Å²) >= 11 is 0. The van der Waals surface area contributed by atoms with Crippen molar-refractivity contribution in [2.75, 3.05) is 0 Å². The zero-order valence-electron chi connectivity index (χ0n) is 21.1. The van der Waals surface area contributed by atoms with Crippen LogP contribution in [0, 0.1) is 5.41 Å². The molecule has 2 atom stereocenters. The Balaban J connectivity index is 5.19. The first-order valence-corrected chi connectivity index (χ1v) is 11.0. The van der Waals surface area contributed by atoms with Gasteiger partial charge >= 0.3 is 23.9 Å². The molecule has 0 fully saturated rings. The molecule has 0 aromatic heterocycles. The fraction of sp³-hybridized carbons (Fsp3) is 0.826. The van der Waals surface area contributed by atoms with Gasteiger partial charge in [0, 0.05) is 18.9 Å². The number of amides is 2. The average Bonchev–Trinajstić information content (AvgIpc) is 2.51. The van der Waals surface area contributed by atoms with Crippen molar-refractivity contribution >= 4 is 23.9 Å². The standard InChI is InChI=1S/C23H42N2O7/c1-21(2,3)14-15(10-13-18(28)31-22(4,5)6)24-20(30)25-16(11-12-17(26)27)19(29)32-23(7,8)9/h15-16H,10-14H2,1-9H3,(H,26,27)(H2,24,25,30)/t15-,16-/m0/s1. The Morgan fingerprint density at radius 2 is 1.31 bits per heavy atom. The maximum Gasteiger partial charge on any atom is 0.329 e. The molecule has 0 rings (SSSR count). The second kappa shape index (κ2) is 12.1. The quantitative estimate of drug-likeness (QED) is 0.424. The van der Waals surface area contributed by atoms with Crippen LogP contribution in [0.2, 0.25) is 0 Å². The van der Waals surface area contributed by atoms with Gasteiger partial charge in [-0.3, -0.25) is 9.59 Å². The summed E-state index contributed by atoms with van der Waals surface area (Å²) in [6, 6.07) is -2.07. The number of ether oxygens (including phenoxy) is 2. The number of urea groups is 1. The molecule has 3 N–H and O–H groups in total. The number of aliphatic carboxylic acids is 1. The molecule has 0 saturated carbocycles. The first-order valence-electron chi connectivity index (χ1n) is 11.0. The van der Waals surface area contributed by atoms with Crippen LogP contribution in [0.5, 0.6) is 0 Å². The van der Waals surface area contributed by atoms with Crippen molar-refractivity contribution in [1.29, 1.82) is 0 Å². The zero-order valence-corrected chi connectivity index (χ0v) is 21.1. The highest BCUT2D eigenvalue weighted by Crippen LogP contribution is 2.23. The summed E-state index contributed by atoms with van der Waals surface area (Å²) in [6.45, 7) is 16.5. The highest BCUT2D eigenvalue weighted by atomic mass is 16.6. The lowest BCUT2D eigenvalue weighted by atomic mass is 9.86. The van der Waals surface area contributed by atoms with Crippen LogP contribution in [0.4, 0.5) is 4.79 Å². The van der Waals surface area contributed by atoms with Gasteiger partial charge in [-0.2, -0.15) is 0 Å². The molecule has 186 valence electrons. The van der Waals surface area contributed by atoms with E-state index in [1.54, 1.807) is 41.5 Å². The van der Waals surface area contributed by atoms with Crippen LogP contribution in [-0.2, 0) is 23.9 Å². The molecular formula is C23H42N2O7. The van der Waals surface area contributed by atoms with Crippen LogP contribution >= 0.6 is 0 Å². The van der Waals surface area contributed by atoms with E-state index in [2.05, 4.69) is 10.6 Å². The van der Waals surface area contributed by atoms with Gasteiger partial charge in [-0.15, -0.1) is 0 Å². The van der Waals surface area contributed by atoms with Crippen molar-refractivity contribution in [3.05, 3.63) is 0 Å². The number of carboxylic acids is 1. The van der Waals surface area contributed by atoms with Crippen molar-refractivity contribution in [2.45, 2.75) is 118 Å². The van der Waals surface area contributed by atoms with Crippen molar-refractivity contribution < 1.29 is 33.8 Å². The highest BCUT2D eigenvalue weighted by Gasteiger charge is 2.29. The second-order valence-electron chi connectivity index (χ2n) is 11.2. The third-order valence-corrected chi connectivity index (χ3v) is 3.95. The van der Waals surface area contributed by atoms with Crippen molar-refractivity contribution in [1.82, 2.24) is 10.6 Å². The molecule has 0 radical (unpaired) electrons. The Morgan fingerprint density at radius 3 is 1.75 bits per heavy atom. The first kappa shape index (κ1) is 29.7. The molecule has 2 amide bonds. The predicted molar refractivity (Wildman–Crippen MR) is 121 cm³/mol. The molecule has 0 aliphatic rings. The molecular weight excluding hydrogens is 416 g/mol. The third kappa shape index (κ3) is 16.4. The van der Waals surface area contributed by atoms with Crippen molar-refractivity contribution in [3.8, 4) is 0 Å². The van der Waals surface area contributed by atoms with Gasteiger partial charge in [0.05, 0.1) is 0 Å². The normalized spacial score (nSPS) is 14.2. The molecule has 9 heteroatoms. The van der Waals surface area contributed by atoms with Gasteiger partial charge in [-0.25, -0.2) is 9.59 Å². The Kier molecular flexibility index (Phi) is 11.2. The summed E-state index contributed by atoms with van der Waals surface area (Å²) in [5, 5.41) is 14.3. The number of nitrogens with one attached hydrogen (secondary N) is 2. The maximum atomic E-state index is 12.6. The molecule has 9 nitrogen and oxygen atoms in total. The van der Waals surface area contributed by atoms with E-state index in [1.165, 1.54) is 0 Å². The zero-order chi connectivity index (χ0) is 25.3. The molecule has 0 aromatic carbocycles. The summed E-state index contributed by atoms with van der Waals surface area (Å²) in [6.07, 6.45) is 0.696. The summed E-state index contributed by atoms with van der Waals surface area (Å²) in [7, 11) is 0. The summed E-state index contributed by atoms with van der Waals surface area (Å²) in [5.74, 6) is -2.13. The minimum Gasteiger partial charge on any atom is -0.481 e. The molecule has 0 bridgehead atoms. The number of carbonyl (C=O) groups is 4. The topological polar surface area (TPSA) is 131 Å². The van der Waals surface area contributed by atoms with E-state index in [0.29, 0.717) is 12.8 Å². The lowest BCUT2D eigenvalue weighted by Crippen LogP contribution is -2.51. The Morgan fingerprint density at radius 1 is 0.781 bits per heavy atom. The van der Waals surface area contributed by atoms with E-state index < -0.39 is 35.2 Å². The number of rotatable bonds is 10. The Hall–Kier alpha value is -2.32. The molecule has 0 aliphatic carbocycles. The molecule has 32 heavy (non-hydrogen) atoms. The monoisotopic (exact) mass is 458 g/mol. The van der Waals surface area contributed by atoms with Crippen LogP contribution in [0.25, 0.3) is 0 Å². The fourth-order valence-corrected chi connectivity index (χ4v) is 2.92.